The van der Waals surface area contributed by atoms with Crippen molar-refractivity contribution < 1.29 is 9.59 Å². The molecule has 5 rings (SSSR count). The quantitative estimate of drug-likeness (QED) is 0.523. The minimum Gasteiger partial charge on any atom is -0.371 e. The number of carbonyl (C=O) groups is 2. The van der Waals surface area contributed by atoms with E-state index in [-0.39, 0.29) is 17.7 Å². The van der Waals surface area contributed by atoms with Gasteiger partial charge in [0, 0.05) is 61.6 Å². The van der Waals surface area contributed by atoms with E-state index >= 15 is 0 Å². The second-order valence-electron chi connectivity index (χ2n) is 9.39. The highest BCUT2D eigenvalue weighted by Crippen LogP contribution is 2.27. The average Bonchev–Trinajstić information content (AvgIpc) is 2.93. The molecule has 0 unspecified atom stereocenters. The molecule has 0 atom stereocenters. The average molecular weight is 503 g/mol. The van der Waals surface area contributed by atoms with E-state index in [1.54, 1.807) is 0 Å². The fraction of sp³-hybridized carbons (Fsp3) is 0.310. The van der Waals surface area contributed by atoms with Crippen LogP contribution in [0.25, 0.3) is 0 Å². The van der Waals surface area contributed by atoms with Gasteiger partial charge in [0.1, 0.15) is 0 Å². The molecule has 7 heteroatoms. The molecule has 0 spiro atoms. The summed E-state index contributed by atoms with van der Waals surface area (Å²) in [5.74, 6) is -0.137. The van der Waals surface area contributed by atoms with Crippen molar-refractivity contribution in [3.05, 3.63) is 89.4 Å². The van der Waals surface area contributed by atoms with E-state index in [0.29, 0.717) is 24.3 Å². The second-order valence-corrected chi connectivity index (χ2v) is 9.83. The van der Waals surface area contributed by atoms with E-state index in [1.165, 1.54) is 5.69 Å². The Kier molecular flexibility index (Phi) is 7.42. The summed E-state index contributed by atoms with van der Waals surface area (Å²) in [6.45, 7) is 4.47. The molecule has 1 N–H and O–H groups in total. The molecular weight excluding hydrogens is 472 g/mol. The maximum absolute atomic E-state index is 13.4. The Morgan fingerprint density at radius 1 is 0.722 bits per heavy atom. The van der Waals surface area contributed by atoms with E-state index in [9.17, 15) is 9.59 Å². The highest BCUT2D eigenvalue weighted by atomic mass is 35.5. The third kappa shape index (κ3) is 5.49. The lowest BCUT2D eigenvalue weighted by Crippen LogP contribution is -2.49. The van der Waals surface area contributed by atoms with Crippen molar-refractivity contribution in [2.45, 2.75) is 12.8 Å². The zero-order valence-electron chi connectivity index (χ0n) is 20.3. The Hall–Kier alpha value is -3.51. The third-order valence-corrected chi connectivity index (χ3v) is 7.38. The summed E-state index contributed by atoms with van der Waals surface area (Å²) in [6, 6.07) is 25.5. The van der Waals surface area contributed by atoms with E-state index in [2.05, 4.69) is 27.2 Å². The first kappa shape index (κ1) is 24.2. The smallest absolute Gasteiger partial charge is 0.256 e. The first-order chi connectivity index (χ1) is 17.6. The van der Waals surface area contributed by atoms with Crippen molar-refractivity contribution in [3.8, 4) is 0 Å². The second kappa shape index (κ2) is 11.0. The Balaban J connectivity index is 1.18. The van der Waals surface area contributed by atoms with Crippen LogP contribution in [0.4, 0.5) is 17.1 Å². The van der Waals surface area contributed by atoms with Gasteiger partial charge >= 0.3 is 0 Å². The number of hydrogen-bond donors (Lipinski definition) is 1. The number of hydrogen-bond acceptors (Lipinski definition) is 4. The summed E-state index contributed by atoms with van der Waals surface area (Å²) in [5, 5.41) is 3.78. The summed E-state index contributed by atoms with van der Waals surface area (Å²) < 4.78 is 0. The van der Waals surface area contributed by atoms with Crippen LogP contribution in [0.15, 0.2) is 78.9 Å². The monoisotopic (exact) mass is 502 g/mol. The number of benzene rings is 3. The molecule has 0 bridgehead atoms. The molecule has 3 aromatic carbocycles. The van der Waals surface area contributed by atoms with E-state index < -0.39 is 0 Å². The Bertz CT molecular complexity index is 1200. The van der Waals surface area contributed by atoms with Gasteiger partial charge in [0.25, 0.3) is 5.91 Å². The van der Waals surface area contributed by atoms with Gasteiger partial charge in [0.2, 0.25) is 5.91 Å². The van der Waals surface area contributed by atoms with Gasteiger partial charge in [-0.05, 0) is 55.3 Å². The molecule has 2 saturated heterocycles. The predicted molar refractivity (Wildman–Crippen MR) is 146 cm³/mol. The molecular formula is C29H31ClN4O2. The van der Waals surface area contributed by atoms with Gasteiger partial charge in [-0.1, -0.05) is 48.0 Å². The Morgan fingerprint density at radius 2 is 1.36 bits per heavy atom. The topological polar surface area (TPSA) is 55.9 Å². The summed E-state index contributed by atoms with van der Waals surface area (Å²) in [6.07, 6.45) is 1.52. The van der Waals surface area contributed by atoms with Crippen molar-refractivity contribution in [2.24, 2.45) is 5.92 Å². The molecule has 0 aromatic heterocycles. The minimum atomic E-state index is -0.0852. The summed E-state index contributed by atoms with van der Waals surface area (Å²) >= 11 is 6.14. The van der Waals surface area contributed by atoms with Crippen molar-refractivity contribution in [1.82, 2.24) is 4.90 Å². The van der Waals surface area contributed by atoms with Crippen LogP contribution in [0.3, 0.4) is 0 Å². The van der Waals surface area contributed by atoms with Crippen LogP contribution in [-0.4, -0.2) is 56.0 Å². The molecule has 2 aliphatic heterocycles. The first-order valence-corrected chi connectivity index (χ1v) is 13.0. The number of piperidine rings is 1. The maximum atomic E-state index is 13.4. The highest BCUT2D eigenvalue weighted by molar-refractivity contribution is 6.30. The SMILES string of the molecule is O=C(Nc1ccccc1C(=O)N1CCN(c2ccccc2)CC1)C1CCN(c2cccc(Cl)c2)CC1. The first-order valence-electron chi connectivity index (χ1n) is 12.6. The van der Waals surface area contributed by atoms with Gasteiger partial charge < -0.3 is 20.0 Å². The summed E-state index contributed by atoms with van der Waals surface area (Å²) in [4.78, 5) is 33.0. The largest absolute Gasteiger partial charge is 0.371 e. The van der Waals surface area contributed by atoms with Crippen molar-refractivity contribution in [3.63, 3.8) is 0 Å². The van der Waals surface area contributed by atoms with Crippen LogP contribution >= 0.6 is 11.6 Å². The lowest BCUT2D eigenvalue weighted by molar-refractivity contribution is -0.120. The van der Waals surface area contributed by atoms with Crippen LogP contribution in [0.5, 0.6) is 0 Å². The highest BCUT2D eigenvalue weighted by Gasteiger charge is 2.28. The lowest BCUT2D eigenvalue weighted by Gasteiger charge is -2.36. The molecule has 36 heavy (non-hydrogen) atoms. The van der Waals surface area contributed by atoms with Gasteiger partial charge in [-0.2, -0.15) is 0 Å². The summed E-state index contributed by atoms with van der Waals surface area (Å²) in [5.41, 5.74) is 3.41. The third-order valence-electron chi connectivity index (χ3n) is 7.14. The van der Waals surface area contributed by atoms with Crippen LogP contribution in [-0.2, 0) is 4.79 Å². The number of carbonyl (C=O) groups excluding carboxylic acids is 2. The summed E-state index contributed by atoms with van der Waals surface area (Å²) in [7, 11) is 0. The van der Waals surface area contributed by atoms with Crippen molar-refractivity contribution >= 4 is 40.5 Å². The zero-order valence-corrected chi connectivity index (χ0v) is 21.0. The number of halogens is 1. The Labute approximate surface area is 217 Å². The molecule has 0 saturated carbocycles. The molecule has 2 amide bonds. The van der Waals surface area contributed by atoms with Gasteiger partial charge in [-0.15, -0.1) is 0 Å². The van der Waals surface area contributed by atoms with Crippen LogP contribution in [0.1, 0.15) is 23.2 Å². The fourth-order valence-corrected chi connectivity index (χ4v) is 5.25. The van der Waals surface area contributed by atoms with E-state index in [4.69, 9.17) is 11.6 Å². The number of piperazine rings is 1. The van der Waals surface area contributed by atoms with Crippen molar-refractivity contribution in [1.29, 1.82) is 0 Å². The zero-order chi connectivity index (χ0) is 24.9. The maximum Gasteiger partial charge on any atom is 0.256 e. The standard InChI is InChI=1S/C29H31ClN4O2/c30-23-7-6-10-25(21-23)32-15-13-22(14-16-32)28(35)31-27-12-5-4-11-26(27)29(36)34-19-17-33(18-20-34)24-8-2-1-3-9-24/h1-12,21-22H,13-20H2,(H,31,35). The van der Waals surface area contributed by atoms with Gasteiger partial charge in [-0.3, -0.25) is 9.59 Å². The number of nitrogens with one attached hydrogen (secondary N) is 1. The number of rotatable bonds is 5. The molecule has 186 valence electrons. The molecule has 2 fully saturated rings. The molecule has 0 aliphatic carbocycles. The fourth-order valence-electron chi connectivity index (χ4n) is 5.06. The predicted octanol–water partition coefficient (Wildman–Crippen LogP) is 5.16. The van der Waals surface area contributed by atoms with Gasteiger partial charge in [0.15, 0.2) is 0 Å². The Morgan fingerprint density at radius 3 is 2.08 bits per heavy atom. The minimum absolute atomic E-state index is 0.0186. The van der Waals surface area contributed by atoms with Crippen LogP contribution in [0.2, 0.25) is 5.02 Å². The number of para-hydroxylation sites is 2. The molecule has 3 aromatic rings. The van der Waals surface area contributed by atoms with Gasteiger partial charge in [0.05, 0.1) is 11.3 Å². The van der Waals surface area contributed by atoms with Gasteiger partial charge in [-0.25, -0.2) is 0 Å². The van der Waals surface area contributed by atoms with E-state index in [1.807, 2.05) is 71.6 Å². The molecule has 2 aliphatic rings. The number of nitrogens with zero attached hydrogens (tertiary/aromatic N) is 3. The van der Waals surface area contributed by atoms with Crippen LogP contribution in [0, 0.1) is 5.92 Å². The molecule has 0 radical (unpaired) electrons. The van der Waals surface area contributed by atoms with E-state index in [0.717, 1.165) is 49.7 Å². The molecule has 6 nitrogen and oxygen atoms in total. The number of amides is 2. The number of anilines is 3. The lowest BCUT2D eigenvalue weighted by atomic mass is 9.95. The molecule has 2 heterocycles. The van der Waals surface area contributed by atoms with Crippen LogP contribution < -0.4 is 15.1 Å². The normalized spacial score (nSPS) is 16.6. The van der Waals surface area contributed by atoms with Crippen molar-refractivity contribution in [2.75, 3.05) is 54.4 Å².